The third-order valence-electron chi connectivity index (χ3n) is 7.03. The number of allylic oxidation sites excluding steroid dienone is 2. The molecule has 0 unspecified atom stereocenters. The van der Waals surface area contributed by atoms with Gasteiger partial charge in [0, 0.05) is 28.3 Å². The Morgan fingerprint density at radius 1 is 0.950 bits per heavy atom. The third-order valence-corrected chi connectivity index (χ3v) is 7.28. The van der Waals surface area contributed by atoms with Crippen LogP contribution in [0.3, 0.4) is 0 Å². The summed E-state index contributed by atoms with van der Waals surface area (Å²) in [4.78, 5) is 11.5. The minimum Gasteiger partial charge on any atom is -0.497 e. The molecular weight excluding hydrogens is 524 g/mol. The van der Waals surface area contributed by atoms with Gasteiger partial charge in [-0.3, -0.25) is 0 Å². The van der Waals surface area contributed by atoms with Gasteiger partial charge in [-0.15, -0.1) is 0 Å². The molecule has 0 spiro atoms. The van der Waals surface area contributed by atoms with Gasteiger partial charge >= 0.3 is 5.97 Å². The Labute approximate surface area is 241 Å². The molecule has 3 N–H and O–H groups in total. The van der Waals surface area contributed by atoms with Gasteiger partial charge in [0.25, 0.3) is 0 Å². The van der Waals surface area contributed by atoms with Crippen LogP contribution in [0.15, 0.2) is 85.0 Å². The zero-order chi connectivity index (χ0) is 28.3. The number of methoxy groups -OCH3 is 2. The van der Waals surface area contributed by atoms with E-state index in [1.165, 1.54) is 38.5 Å². The summed E-state index contributed by atoms with van der Waals surface area (Å²) in [5.74, 6) is 1.03. The molecule has 0 aromatic heterocycles. The smallest absolute Gasteiger partial charge is 0.330 e. The second-order valence-corrected chi connectivity index (χ2v) is 10.3. The zero-order valence-electron chi connectivity index (χ0n) is 23.0. The number of rotatable bonds is 11. The van der Waals surface area contributed by atoms with Crippen molar-refractivity contribution in [3.05, 3.63) is 101 Å². The number of nitrogens with one attached hydrogen (secondary N) is 1. The topological polar surface area (TPSA) is 85.2 Å². The molecule has 1 fully saturated rings. The summed E-state index contributed by atoms with van der Waals surface area (Å²) in [6.45, 7) is 0.369. The first-order valence-electron chi connectivity index (χ1n) is 13.5. The van der Waals surface area contributed by atoms with Crippen LogP contribution in [-0.2, 0) is 16.1 Å². The number of hydrogen-bond acceptors (Lipinski definition) is 5. The Hall–Kier alpha value is -3.87. The average Bonchev–Trinajstić information content (AvgIpc) is 2.99. The fraction of sp³-hybridized carbons (Fsp3) is 0.273. The molecule has 0 saturated heterocycles. The van der Waals surface area contributed by atoms with Crippen LogP contribution in [0.5, 0.6) is 11.5 Å². The predicted octanol–water partition coefficient (Wildman–Crippen LogP) is 6.58. The molecule has 4 rings (SSSR count). The summed E-state index contributed by atoms with van der Waals surface area (Å²) in [5.41, 5.74) is 5.31. The van der Waals surface area contributed by atoms with Gasteiger partial charge in [-0.05, 0) is 91.4 Å². The lowest BCUT2D eigenvalue weighted by Crippen LogP contribution is -2.87. The molecule has 40 heavy (non-hydrogen) atoms. The van der Waals surface area contributed by atoms with Gasteiger partial charge in [0.1, 0.15) is 23.8 Å². The van der Waals surface area contributed by atoms with Crippen LogP contribution in [0.25, 0.3) is 16.8 Å². The minimum atomic E-state index is -0.479. The average molecular weight is 560 g/mol. The van der Waals surface area contributed by atoms with E-state index >= 15 is 0 Å². The summed E-state index contributed by atoms with van der Waals surface area (Å²) in [7, 11) is 2.98. The number of quaternary nitrogens is 1. The monoisotopic (exact) mass is 559 g/mol. The van der Waals surface area contributed by atoms with E-state index in [2.05, 4.69) is 10.1 Å². The Morgan fingerprint density at radius 2 is 1.65 bits per heavy atom. The number of carbonyl (C=O) groups is 1. The molecule has 7 heteroatoms. The standard InChI is InChI=1S/C33H35ClN2O4/c1-38-30-17-18-31(23-8-12-26(34)13-9-23)25(20-30)22-40-29-15-10-24(11-16-29)32(36-28-6-4-3-5-7-28)21-27(35)14-19-33(37)39-2/h8-21,28,35-36H,3-7,22H2,1-2H3/p+1/b19-14+,32-21-,35-27?. The van der Waals surface area contributed by atoms with E-state index < -0.39 is 5.97 Å². The number of ether oxygens (including phenoxy) is 3. The first kappa shape index (κ1) is 29.1. The molecule has 0 radical (unpaired) electrons. The number of nitrogens with two attached hydrogens (primary N) is 1. The Morgan fingerprint density at radius 3 is 2.33 bits per heavy atom. The molecule has 208 valence electrons. The molecule has 0 bridgehead atoms. The van der Waals surface area contributed by atoms with E-state index in [-0.39, 0.29) is 5.71 Å². The summed E-state index contributed by atoms with van der Waals surface area (Å²) < 4.78 is 16.3. The van der Waals surface area contributed by atoms with Gasteiger partial charge in [-0.1, -0.05) is 36.2 Å². The highest BCUT2D eigenvalue weighted by atomic mass is 35.5. The summed E-state index contributed by atoms with van der Waals surface area (Å²) >= 11 is 6.09. The zero-order valence-corrected chi connectivity index (χ0v) is 23.7. The molecule has 1 aliphatic carbocycles. The number of benzene rings is 3. The minimum absolute atomic E-state index is 0.237. The van der Waals surface area contributed by atoms with E-state index in [0.29, 0.717) is 17.7 Å². The SMILES string of the molecule is COC(=O)/C=C/C(=N)/C=C(\[NH2+]C1CCCCC1)c1ccc(OCc2cc(OC)ccc2-c2ccc(Cl)cc2)cc1. The summed E-state index contributed by atoms with van der Waals surface area (Å²) in [6.07, 6.45) is 10.6. The van der Waals surface area contributed by atoms with Crippen molar-refractivity contribution in [2.75, 3.05) is 14.2 Å². The van der Waals surface area contributed by atoms with Crippen molar-refractivity contribution in [2.24, 2.45) is 0 Å². The first-order valence-corrected chi connectivity index (χ1v) is 13.9. The lowest BCUT2D eigenvalue weighted by molar-refractivity contribution is -0.606. The van der Waals surface area contributed by atoms with E-state index in [0.717, 1.165) is 52.3 Å². The molecule has 3 aromatic rings. The maximum absolute atomic E-state index is 11.5. The number of esters is 1. The fourth-order valence-electron chi connectivity index (χ4n) is 4.86. The van der Waals surface area contributed by atoms with E-state index in [1.54, 1.807) is 13.2 Å². The Kier molecular flexibility index (Phi) is 10.6. The molecule has 0 aliphatic heterocycles. The second kappa shape index (κ2) is 14.5. The Bertz CT molecular complexity index is 1360. The molecule has 1 saturated carbocycles. The number of carbonyl (C=O) groups excluding carboxylic acids is 1. The number of hydrogen-bond donors (Lipinski definition) is 2. The molecule has 3 aromatic carbocycles. The van der Waals surface area contributed by atoms with Crippen molar-refractivity contribution >= 4 is 29.0 Å². The van der Waals surface area contributed by atoms with Crippen LogP contribution in [0.4, 0.5) is 0 Å². The predicted molar refractivity (Wildman–Crippen MR) is 160 cm³/mol. The van der Waals surface area contributed by atoms with Crippen molar-refractivity contribution in [3.8, 4) is 22.6 Å². The van der Waals surface area contributed by atoms with Crippen molar-refractivity contribution in [3.63, 3.8) is 0 Å². The summed E-state index contributed by atoms with van der Waals surface area (Å²) in [6, 6.07) is 22.1. The lowest BCUT2D eigenvalue weighted by atomic mass is 9.94. The van der Waals surface area contributed by atoms with Gasteiger partial charge in [-0.2, -0.15) is 0 Å². The highest BCUT2D eigenvalue weighted by Gasteiger charge is 2.19. The second-order valence-electron chi connectivity index (χ2n) is 9.82. The molecule has 0 amide bonds. The van der Waals surface area contributed by atoms with E-state index in [4.69, 9.17) is 26.5 Å². The van der Waals surface area contributed by atoms with Crippen LogP contribution < -0.4 is 14.8 Å². The van der Waals surface area contributed by atoms with Gasteiger partial charge in [0.05, 0.1) is 26.0 Å². The van der Waals surface area contributed by atoms with Gasteiger partial charge in [0.2, 0.25) is 0 Å². The van der Waals surface area contributed by atoms with E-state index in [1.807, 2.05) is 66.7 Å². The maximum Gasteiger partial charge on any atom is 0.330 e. The maximum atomic E-state index is 11.5. The largest absolute Gasteiger partial charge is 0.497 e. The van der Waals surface area contributed by atoms with Crippen LogP contribution in [0.1, 0.15) is 43.2 Å². The Balaban J connectivity index is 1.52. The molecule has 1 aliphatic rings. The van der Waals surface area contributed by atoms with E-state index in [9.17, 15) is 4.79 Å². The van der Waals surface area contributed by atoms with Crippen molar-refractivity contribution in [2.45, 2.75) is 44.8 Å². The normalized spacial score (nSPS) is 14.2. The van der Waals surface area contributed by atoms with Crippen molar-refractivity contribution < 1.29 is 24.3 Å². The van der Waals surface area contributed by atoms with Gasteiger partial charge in [0.15, 0.2) is 0 Å². The van der Waals surface area contributed by atoms with Crippen LogP contribution in [0, 0.1) is 5.41 Å². The highest BCUT2D eigenvalue weighted by Crippen LogP contribution is 2.30. The quantitative estimate of drug-likeness (QED) is 0.158. The fourth-order valence-corrected chi connectivity index (χ4v) is 4.98. The first-order chi connectivity index (χ1) is 19.4. The van der Waals surface area contributed by atoms with Crippen LogP contribution in [0.2, 0.25) is 5.02 Å². The summed E-state index contributed by atoms with van der Waals surface area (Å²) in [5, 5.41) is 11.3. The van der Waals surface area contributed by atoms with Crippen LogP contribution in [-0.4, -0.2) is 31.9 Å². The van der Waals surface area contributed by atoms with Gasteiger partial charge in [-0.25, -0.2) is 4.79 Å². The van der Waals surface area contributed by atoms with Crippen molar-refractivity contribution in [1.82, 2.24) is 0 Å². The number of halogens is 1. The molecular formula is C33H36ClN2O4+. The highest BCUT2D eigenvalue weighted by molar-refractivity contribution is 6.30. The van der Waals surface area contributed by atoms with Crippen LogP contribution >= 0.6 is 11.6 Å². The molecule has 6 nitrogen and oxygen atoms in total. The third kappa shape index (κ3) is 8.31. The molecule has 0 atom stereocenters. The van der Waals surface area contributed by atoms with Crippen molar-refractivity contribution in [1.29, 1.82) is 5.41 Å². The molecule has 0 heterocycles. The van der Waals surface area contributed by atoms with Gasteiger partial charge < -0.3 is 24.9 Å². The lowest BCUT2D eigenvalue weighted by Gasteiger charge is -2.21.